The molecule has 4 aromatic rings. The number of hydrogen-bond donors (Lipinski definition) is 0. The van der Waals surface area contributed by atoms with Gasteiger partial charge in [-0.15, -0.1) is 11.8 Å². The average Bonchev–Trinajstić information content (AvgIpc) is 3.61. The lowest BCUT2D eigenvalue weighted by atomic mass is 9.78. The highest BCUT2D eigenvalue weighted by atomic mass is 79.9. The van der Waals surface area contributed by atoms with Gasteiger partial charge in [0.25, 0.3) is 5.56 Å². The molecule has 3 aromatic heterocycles. The summed E-state index contributed by atoms with van der Waals surface area (Å²) in [5.41, 5.74) is 2.97. The Bertz CT molecular complexity index is 1610. The number of rotatable bonds is 6. The van der Waals surface area contributed by atoms with Crippen LogP contribution in [0.2, 0.25) is 0 Å². The molecular formula is C27H25BrFN5OS. The van der Waals surface area contributed by atoms with Crippen molar-refractivity contribution in [3.05, 3.63) is 62.6 Å². The number of pyridine rings is 1. The maximum atomic E-state index is 15.7. The van der Waals surface area contributed by atoms with Crippen LogP contribution in [0.4, 0.5) is 4.39 Å². The average molecular weight is 566 g/mol. The van der Waals surface area contributed by atoms with E-state index in [9.17, 15) is 4.79 Å². The summed E-state index contributed by atoms with van der Waals surface area (Å²) in [6, 6.07) is 6.43. The van der Waals surface area contributed by atoms with Crippen molar-refractivity contribution in [1.29, 1.82) is 5.26 Å². The van der Waals surface area contributed by atoms with Crippen LogP contribution in [0.15, 0.2) is 45.0 Å². The fraction of sp³-hybridized carbons (Fsp3) is 0.407. The van der Waals surface area contributed by atoms with Gasteiger partial charge in [0.1, 0.15) is 10.5 Å². The van der Waals surface area contributed by atoms with E-state index in [0.717, 1.165) is 32.6 Å². The van der Waals surface area contributed by atoms with Crippen molar-refractivity contribution in [2.24, 2.45) is 11.8 Å². The summed E-state index contributed by atoms with van der Waals surface area (Å²) in [6.45, 7) is 2.04. The standard InChI is InChI=1S/C27H25BrFN5OS/c1-14(33-9-8-31-13-21(33)35)20-12-19-26(34(20)25-16-5-6-17(25)10-16)18-11-15(4-3-7-30)22(28)23(29)24(18)32-27(19)36-2/h8-9,11-14,16-17,25H,3-6,10H2,1-2H3/t14-,16-,17+,25?/m1/s1. The molecule has 1 unspecified atom stereocenters. The largest absolute Gasteiger partial charge is 0.338 e. The van der Waals surface area contributed by atoms with Crippen molar-refractivity contribution in [2.45, 2.75) is 56.1 Å². The zero-order valence-corrected chi connectivity index (χ0v) is 22.4. The van der Waals surface area contributed by atoms with E-state index in [-0.39, 0.29) is 17.4 Å². The first-order chi connectivity index (χ1) is 17.4. The van der Waals surface area contributed by atoms with Crippen molar-refractivity contribution in [3.8, 4) is 6.07 Å². The van der Waals surface area contributed by atoms with E-state index >= 15 is 4.39 Å². The predicted octanol–water partition coefficient (Wildman–Crippen LogP) is 6.41. The number of nitriles is 1. The van der Waals surface area contributed by atoms with Crippen LogP contribution in [-0.2, 0) is 6.42 Å². The molecule has 0 radical (unpaired) electrons. The molecule has 0 N–H and O–H groups in total. The number of halogens is 2. The summed E-state index contributed by atoms with van der Waals surface area (Å²) in [7, 11) is 0. The molecule has 0 saturated heterocycles. The summed E-state index contributed by atoms with van der Waals surface area (Å²) in [6.07, 6.45) is 11.1. The molecular weight excluding hydrogens is 541 g/mol. The molecule has 1 aromatic carbocycles. The molecule has 3 heterocycles. The molecule has 3 aliphatic carbocycles. The summed E-state index contributed by atoms with van der Waals surface area (Å²) in [4.78, 5) is 21.5. The predicted molar refractivity (Wildman–Crippen MR) is 143 cm³/mol. The zero-order chi connectivity index (χ0) is 25.1. The van der Waals surface area contributed by atoms with Crippen LogP contribution in [0, 0.1) is 29.0 Å². The van der Waals surface area contributed by atoms with Crippen LogP contribution in [0.5, 0.6) is 0 Å². The Morgan fingerprint density at radius 3 is 2.75 bits per heavy atom. The fourth-order valence-corrected chi connectivity index (χ4v) is 7.44. The molecule has 3 saturated carbocycles. The summed E-state index contributed by atoms with van der Waals surface area (Å²) < 4.78 is 20.2. The Hall–Kier alpha value is -2.70. The molecule has 9 heteroatoms. The Morgan fingerprint density at radius 2 is 2.08 bits per heavy atom. The van der Waals surface area contributed by atoms with Crippen LogP contribution < -0.4 is 5.56 Å². The summed E-state index contributed by atoms with van der Waals surface area (Å²) in [5.74, 6) is 0.789. The van der Waals surface area contributed by atoms with Gasteiger partial charge in [0.15, 0.2) is 5.82 Å². The van der Waals surface area contributed by atoms with Crippen LogP contribution in [0.3, 0.4) is 0 Å². The maximum absolute atomic E-state index is 15.7. The van der Waals surface area contributed by atoms with Crippen LogP contribution >= 0.6 is 27.7 Å². The number of aryl methyl sites for hydroxylation is 1. The first-order valence-corrected chi connectivity index (χ1v) is 14.2. The molecule has 3 aliphatic rings. The molecule has 0 spiro atoms. The Kier molecular flexibility index (Phi) is 5.92. The van der Waals surface area contributed by atoms with E-state index < -0.39 is 0 Å². The SMILES string of the molecule is CSc1nc2c(F)c(Br)c(CCC#N)cc2c2c1cc([C@@H](C)n1ccncc1=O)n2C1[C@@H]2CC[C@H]1C2. The van der Waals surface area contributed by atoms with Gasteiger partial charge >= 0.3 is 0 Å². The highest BCUT2D eigenvalue weighted by Crippen LogP contribution is 2.58. The molecule has 0 amide bonds. The lowest BCUT2D eigenvalue weighted by molar-refractivity contribution is 0.164. The van der Waals surface area contributed by atoms with Gasteiger partial charge in [0.05, 0.1) is 28.3 Å². The second-order valence-electron chi connectivity index (χ2n) is 9.86. The topological polar surface area (TPSA) is 76.5 Å². The fourth-order valence-electron chi connectivity index (χ4n) is 6.38. The van der Waals surface area contributed by atoms with Crippen molar-refractivity contribution < 1.29 is 4.39 Å². The molecule has 4 atom stereocenters. The van der Waals surface area contributed by atoms with Gasteiger partial charge < -0.3 is 9.13 Å². The Morgan fingerprint density at radius 1 is 1.31 bits per heavy atom. The third-order valence-corrected chi connectivity index (χ3v) is 9.65. The third-order valence-electron chi connectivity index (χ3n) is 8.10. The normalized spacial score (nSPS) is 21.6. The second-order valence-corrected chi connectivity index (χ2v) is 11.5. The van der Waals surface area contributed by atoms with E-state index in [1.54, 1.807) is 17.0 Å². The van der Waals surface area contributed by atoms with Crippen LogP contribution in [0.25, 0.3) is 21.8 Å². The van der Waals surface area contributed by atoms with Gasteiger partial charge in [-0.1, -0.05) is 0 Å². The molecule has 7 rings (SSSR count). The van der Waals surface area contributed by atoms with E-state index in [4.69, 9.17) is 10.2 Å². The molecule has 2 bridgehead atoms. The number of nitrogens with zero attached hydrogens (tertiary/aromatic N) is 5. The summed E-state index contributed by atoms with van der Waals surface area (Å²) >= 11 is 4.93. The Labute approximate surface area is 220 Å². The number of hydrogen-bond acceptors (Lipinski definition) is 5. The van der Waals surface area contributed by atoms with Gasteiger partial charge in [0.2, 0.25) is 0 Å². The molecule has 184 valence electrons. The number of aromatic nitrogens is 4. The molecule has 36 heavy (non-hydrogen) atoms. The van der Waals surface area contributed by atoms with Gasteiger partial charge in [-0.05, 0) is 84.3 Å². The van der Waals surface area contributed by atoms with Gasteiger partial charge in [-0.2, -0.15) is 5.26 Å². The number of benzene rings is 1. The minimum absolute atomic E-state index is 0.153. The minimum atomic E-state index is -0.387. The third kappa shape index (κ3) is 3.45. The number of thioether (sulfide) groups is 1. The van der Waals surface area contributed by atoms with E-state index in [1.807, 2.05) is 19.2 Å². The number of fused-ring (bicyclic) bond motifs is 4. The van der Waals surface area contributed by atoms with Gasteiger partial charge in [-0.3, -0.25) is 9.78 Å². The molecule has 6 nitrogen and oxygen atoms in total. The molecule has 3 fully saturated rings. The maximum Gasteiger partial charge on any atom is 0.269 e. The van der Waals surface area contributed by atoms with Gasteiger partial charge in [0, 0.05) is 41.3 Å². The lowest BCUT2D eigenvalue weighted by Crippen LogP contribution is -2.33. The quantitative estimate of drug-likeness (QED) is 0.252. The van der Waals surface area contributed by atoms with Gasteiger partial charge in [-0.25, -0.2) is 9.37 Å². The minimum Gasteiger partial charge on any atom is -0.338 e. The van der Waals surface area contributed by atoms with Crippen LogP contribution in [0.1, 0.15) is 55.9 Å². The van der Waals surface area contributed by atoms with Crippen molar-refractivity contribution in [1.82, 2.24) is 19.1 Å². The monoisotopic (exact) mass is 565 g/mol. The lowest BCUT2D eigenvalue weighted by Gasteiger charge is -2.39. The summed E-state index contributed by atoms with van der Waals surface area (Å²) in [5, 5.41) is 11.7. The van der Waals surface area contributed by atoms with Crippen molar-refractivity contribution in [3.63, 3.8) is 0 Å². The van der Waals surface area contributed by atoms with Crippen molar-refractivity contribution >= 4 is 49.5 Å². The van der Waals surface area contributed by atoms with E-state index in [1.165, 1.54) is 37.2 Å². The van der Waals surface area contributed by atoms with E-state index in [0.29, 0.717) is 40.7 Å². The first-order valence-electron chi connectivity index (χ1n) is 12.2. The Balaban J connectivity index is 1.71. The highest BCUT2D eigenvalue weighted by Gasteiger charge is 2.49. The first kappa shape index (κ1) is 23.7. The van der Waals surface area contributed by atoms with Crippen LogP contribution in [-0.4, -0.2) is 25.4 Å². The zero-order valence-electron chi connectivity index (χ0n) is 20.0. The second kappa shape index (κ2) is 9.00. The van der Waals surface area contributed by atoms with Crippen molar-refractivity contribution in [2.75, 3.05) is 6.26 Å². The molecule has 0 aliphatic heterocycles. The smallest absolute Gasteiger partial charge is 0.269 e. The van der Waals surface area contributed by atoms with E-state index in [2.05, 4.69) is 37.6 Å². The highest BCUT2D eigenvalue weighted by molar-refractivity contribution is 9.10.